The van der Waals surface area contributed by atoms with Gasteiger partial charge >= 0.3 is 0 Å². The van der Waals surface area contributed by atoms with E-state index in [0.717, 1.165) is 13.2 Å². The maximum absolute atomic E-state index is 5.87. The van der Waals surface area contributed by atoms with Crippen molar-refractivity contribution in [1.29, 1.82) is 0 Å². The van der Waals surface area contributed by atoms with Crippen molar-refractivity contribution >= 4 is 0 Å². The molecule has 0 heterocycles. The number of rotatable bonds is 34. The number of hydrogen-bond acceptors (Lipinski definition) is 2. The van der Waals surface area contributed by atoms with E-state index in [1.807, 2.05) is 0 Å². The lowest BCUT2D eigenvalue weighted by molar-refractivity contribution is 0.125. The Labute approximate surface area is 243 Å². The molecule has 0 spiro atoms. The van der Waals surface area contributed by atoms with E-state index in [0.29, 0.717) is 0 Å². The molecule has 0 saturated carbocycles. The first-order valence-corrected chi connectivity index (χ1v) is 18.0. The van der Waals surface area contributed by atoms with Gasteiger partial charge in [-0.3, -0.25) is 0 Å². The summed E-state index contributed by atoms with van der Waals surface area (Å²) in [7, 11) is 0. The summed E-state index contributed by atoms with van der Waals surface area (Å²) in [6.07, 6.45) is 46.0. The summed E-state index contributed by atoms with van der Waals surface area (Å²) in [5, 5.41) is 0. The Bertz CT molecular complexity index is 338. The van der Waals surface area contributed by atoms with Crippen LogP contribution in [0.1, 0.15) is 219 Å². The lowest BCUT2D eigenvalue weighted by atomic mass is 10.0. The SMILES string of the molecule is CCCCCCCCCCCCCCCCCCOCCCCCCCCCCCCCCCCCC.N. The van der Waals surface area contributed by atoms with Crippen LogP contribution >= 0.6 is 0 Å². The number of unbranched alkanes of at least 4 members (excludes halogenated alkanes) is 30. The van der Waals surface area contributed by atoms with Gasteiger partial charge in [-0.15, -0.1) is 0 Å². The molecule has 0 aromatic heterocycles. The summed E-state index contributed by atoms with van der Waals surface area (Å²) in [4.78, 5) is 0. The Balaban J connectivity index is 0. The van der Waals surface area contributed by atoms with E-state index in [-0.39, 0.29) is 6.15 Å². The Kier molecular flexibility index (Phi) is 41.2. The average molecular weight is 540 g/mol. The first-order valence-electron chi connectivity index (χ1n) is 18.0. The second kappa shape index (κ2) is 39.1. The lowest BCUT2D eigenvalue weighted by Crippen LogP contribution is -1.97. The molecule has 0 unspecified atom stereocenters. The first-order chi connectivity index (χ1) is 18.4. The summed E-state index contributed by atoms with van der Waals surface area (Å²) in [5.41, 5.74) is 0. The zero-order chi connectivity index (χ0) is 26.7. The van der Waals surface area contributed by atoms with Gasteiger partial charge in [0.15, 0.2) is 0 Å². The summed E-state index contributed by atoms with van der Waals surface area (Å²) in [6.45, 7) is 6.60. The van der Waals surface area contributed by atoms with Crippen molar-refractivity contribution in [2.75, 3.05) is 13.2 Å². The minimum atomic E-state index is 0. The zero-order valence-corrected chi connectivity index (χ0v) is 27.2. The van der Waals surface area contributed by atoms with Crippen molar-refractivity contribution in [1.82, 2.24) is 6.15 Å². The molecule has 0 aliphatic rings. The molecule has 2 heteroatoms. The van der Waals surface area contributed by atoms with Crippen LogP contribution in [0.25, 0.3) is 0 Å². The van der Waals surface area contributed by atoms with Gasteiger partial charge in [0, 0.05) is 13.2 Å². The fourth-order valence-electron chi connectivity index (χ4n) is 5.61. The van der Waals surface area contributed by atoms with Crippen molar-refractivity contribution in [2.24, 2.45) is 0 Å². The van der Waals surface area contributed by atoms with Crippen molar-refractivity contribution in [3.63, 3.8) is 0 Å². The van der Waals surface area contributed by atoms with Gasteiger partial charge in [-0.25, -0.2) is 0 Å². The molecule has 0 bridgehead atoms. The number of hydrogen-bond donors (Lipinski definition) is 1. The largest absolute Gasteiger partial charge is 0.381 e. The van der Waals surface area contributed by atoms with E-state index >= 15 is 0 Å². The zero-order valence-electron chi connectivity index (χ0n) is 27.2. The Hall–Kier alpha value is -0.0800. The van der Waals surface area contributed by atoms with Crippen molar-refractivity contribution < 1.29 is 4.74 Å². The molecule has 0 fully saturated rings. The molecular formula is C36H77NO. The quantitative estimate of drug-likeness (QED) is 0.0826. The van der Waals surface area contributed by atoms with Crippen LogP contribution < -0.4 is 6.15 Å². The van der Waals surface area contributed by atoms with Crippen LogP contribution in [0.3, 0.4) is 0 Å². The molecule has 0 rings (SSSR count). The molecule has 0 aromatic carbocycles. The van der Waals surface area contributed by atoms with Gasteiger partial charge < -0.3 is 10.9 Å². The van der Waals surface area contributed by atoms with E-state index in [2.05, 4.69) is 13.8 Å². The van der Waals surface area contributed by atoms with Crippen LogP contribution in [0.5, 0.6) is 0 Å². The normalized spacial score (nSPS) is 11.2. The molecule has 38 heavy (non-hydrogen) atoms. The average Bonchev–Trinajstić information content (AvgIpc) is 2.91. The van der Waals surface area contributed by atoms with Crippen molar-refractivity contribution in [3.8, 4) is 0 Å². The maximum Gasteiger partial charge on any atom is 0.0466 e. The summed E-state index contributed by atoms with van der Waals surface area (Å²) in [6, 6.07) is 0. The van der Waals surface area contributed by atoms with Crippen molar-refractivity contribution in [3.05, 3.63) is 0 Å². The van der Waals surface area contributed by atoms with Crippen molar-refractivity contribution in [2.45, 2.75) is 219 Å². The van der Waals surface area contributed by atoms with Gasteiger partial charge in [0.1, 0.15) is 0 Å². The highest BCUT2D eigenvalue weighted by Crippen LogP contribution is 2.15. The van der Waals surface area contributed by atoms with Crippen LogP contribution in [0.15, 0.2) is 0 Å². The minimum Gasteiger partial charge on any atom is -0.381 e. The molecule has 0 amide bonds. The Morgan fingerprint density at radius 3 is 0.579 bits per heavy atom. The smallest absolute Gasteiger partial charge is 0.0466 e. The van der Waals surface area contributed by atoms with E-state index in [9.17, 15) is 0 Å². The molecule has 2 nitrogen and oxygen atoms in total. The van der Waals surface area contributed by atoms with E-state index in [1.54, 1.807) is 0 Å². The van der Waals surface area contributed by atoms with Gasteiger partial charge in [0.25, 0.3) is 0 Å². The molecule has 0 saturated heterocycles. The van der Waals surface area contributed by atoms with Gasteiger partial charge in [-0.05, 0) is 12.8 Å². The highest BCUT2D eigenvalue weighted by molar-refractivity contribution is 4.52. The Morgan fingerprint density at radius 2 is 0.395 bits per heavy atom. The molecule has 0 radical (unpaired) electrons. The minimum absolute atomic E-state index is 0. The summed E-state index contributed by atoms with van der Waals surface area (Å²) in [5.74, 6) is 0. The lowest BCUT2D eigenvalue weighted by Gasteiger charge is -2.06. The molecule has 232 valence electrons. The van der Waals surface area contributed by atoms with Crippen LogP contribution in [0.2, 0.25) is 0 Å². The van der Waals surface area contributed by atoms with E-state index < -0.39 is 0 Å². The summed E-state index contributed by atoms with van der Waals surface area (Å²) >= 11 is 0. The predicted molar refractivity (Wildman–Crippen MR) is 175 cm³/mol. The predicted octanol–water partition coefficient (Wildman–Crippen LogP) is 13.7. The standard InChI is InChI=1S/C36H74O.H3N/c1-3-5-7-9-11-13-15-17-19-21-23-25-27-29-31-33-35-37-36-34-32-30-28-26-24-22-20-18-16-14-12-10-8-6-4-2;/h3-36H2,1-2H3;1H3. The monoisotopic (exact) mass is 540 g/mol. The fourth-order valence-corrected chi connectivity index (χ4v) is 5.61. The van der Waals surface area contributed by atoms with Crippen LogP contribution in [0.4, 0.5) is 0 Å². The summed E-state index contributed by atoms with van der Waals surface area (Å²) < 4.78 is 5.87. The molecule has 0 aliphatic carbocycles. The third-order valence-electron chi connectivity index (χ3n) is 8.28. The first kappa shape index (κ1) is 40.1. The number of ether oxygens (including phenoxy) is 1. The third kappa shape index (κ3) is 38.1. The van der Waals surface area contributed by atoms with E-state index in [1.165, 1.54) is 205 Å². The van der Waals surface area contributed by atoms with Crippen LogP contribution in [-0.4, -0.2) is 13.2 Å². The van der Waals surface area contributed by atoms with Gasteiger partial charge in [-0.1, -0.05) is 206 Å². The molecule has 0 atom stereocenters. The topological polar surface area (TPSA) is 44.2 Å². The maximum atomic E-state index is 5.87. The fraction of sp³-hybridized carbons (Fsp3) is 1.00. The van der Waals surface area contributed by atoms with Gasteiger partial charge in [0.05, 0.1) is 0 Å². The molecule has 0 aromatic rings. The third-order valence-corrected chi connectivity index (χ3v) is 8.28. The second-order valence-corrected chi connectivity index (χ2v) is 12.2. The highest BCUT2D eigenvalue weighted by atomic mass is 16.5. The van der Waals surface area contributed by atoms with Crippen LogP contribution in [-0.2, 0) is 4.74 Å². The second-order valence-electron chi connectivity index (χ2n) is 12.2. The Morgan fingerprint density at radius 1 is 0.237 bits per heavy atom. The van der Waals surface area contributed by atoms with Gasteiger partial charge in [-0.2, -0.15) is 0 Å². The molecular weight excluding hydrogens is 462 g/mol. The van der Waals surface area contributed by atoms with E-state index in [4.69, 9.17) is 4.74 Å². The molecule has 0 aliphatic heterocycles. The molecule has 3 N–H and O–H groups in total. The van der Waals surface area contributed by atoms with Crippen LogP contribution in [0, 0.1) is 0 Å². The highest BCUT2D eigenvalue weighted by Gasteiger charge is 1.97. The van der Waals surface area contributed by atoms with Gasteiger partial charge in [0.2, 0.25) is 0 Å².